The second-order valence-electron chi connectivity index (χ2n) is 5.20. The molecule has 0 bridgehead atoms. The molecule has 2 N–H and O–H groups in total. The van der Waals surface area contributed by atoms with Crippen LogP contribution in [0.1, 0.15) is 15.9 Å². The van der Waals surface area contributed by atoms with E-state index in [-0.39, 0.29) is 0 Å². The summed E-state index contributed by atoms with van der Waals surface area (Å²) in [6.45, 7) is 1.75. The van der Waals surface area contributed by atoms with Crippen molar-refractivity contribution in [2.45, 2.75) is 6.92 Å². The molecule has 0 unspecified atom stereocenters. The number of rotatable bonds is 5. The molecular formula is C16H17ClN2O4S. The minimum absolute atomic E-state index is 0.300. The van der Waals surface area contributed by atoms with Crippen LogP contribution in [-0.2, 0) is 10.0 Å². The fourth-order valence-electron chi connectivity index (χ4n) is 2.05. The molecule has 0 radical (unpaired) electrons. The second kappa shape index (κ2) is 7.11. The summed E-state index contributed by atoms with van der Waals surface area (Å²) in [6, 6.07) is 9.61. The van der Waals surface area contributed by atoms with E-state index in [0.717, 1.165) is 6.26 Å². The minimum atomic E-state index is -3.44. The van der Waals surface area contributed by atoms with E-state index >= 15 is 0 Å². The maximum Gasteiger partial charge on any atom is 0.255 e. The van der Waals surface area contributed by atoms with Gasteiger partial charge in [-0.15, -0.1) is 0 Å². The predicted octanol–water partition coefficient (Wildman–Crippen LogP) is 3.28. The fourth-order valence-corrected chi connectivity index (χ4v) is 2.84. The summed E-state index contributed by atoms with van der Waals surface area (Å²) < 4.78 is 30.4. The molecule has 0 saturated heterocycles. The van der Waals surface area contributed by atoms with Crippen LogP contribution in [0.2, 0.25) is 5.02 Å². The molecule has 0 saturated carbocycles. The lowest BCUT2D eigenvalue weighted by atomic mass is 10.1. The third-order valence-electron chi connectivity index (χ3n) is 3.20. The number of halogens is 1. The Morgan fingerprint density at radius 1 is 1.12 bits per heavy atom. The van der Waals surface area contributed by atoms with Crippen LogP contribution in [0.3, 0.4) is 0 Å². The van der Waals surface area contributed by atoms with Crippen LogP contribution >= 0.6 is 11.6 Å². The molecular weight excluding hydrogens is 352 g/mol. The average Bonchev–Trinajstić information content (AvgIpc) is 2.48. The van der Waals surface area contributed by atoms with Crippen molar-refractivity contribution in [3.63, 3.8) is 0 Å². The van der Waals surface area contributed by atoms with Gasteiger partial charge in [-0.2, -0.15) is 0 Å². The predicted molar refractivity (Wildman–Crippen MR) is 95.6 cm³/mol. The lowest BCUT2D eigenvalue weighted by Gasteiger charge is -2.12. The van der Waals surface area contributed by atoms with Crippen molar-refractivity contribution in [3.8, 4) is 5.75 Å². The van der Waals surface area contributed by atoms with Crippen LogP contribution in [0.15, 0.2) is 36.4 Å². The number of nitrogens with one attached hydrogen (secondary N) is 2. The maximum atomic E-state index is 12.4. The first kappa shape index (κ1) is 18.1. The van der Waals surface area contributed by atoms with Gasteiger partial charge in [0.2, 0.25) is 10.0 Å². The first-order valence-electron chi connectivity index (χ1n) is 6.93. The number of amides is 1. The molecule has 0 heterocycles. The number of carbonyl (C=O) groups excluding carboxylic acids is 1. The number of methoxy groups -OCH3 is 1. The first-order chi connectivity index (χ1) is 11.2. The molecule has 8 heteroatoms. The van der Waals surface area contributed by atoms with Gasteiger partial charge in [-0.05, 0) is 42.8 Å². The molecule has 1 amide bonds. The Kier molecular flexibility index (Phi) is 5.36. The van der Waals surface area contributed by atoms with E-state index in [4.69, 9.17) is 16.3 Å². The van der Waals surface area contributed by atoms with E-state index < -0.39 is 15.9 Å². The van der Waals surface area contributed by atoms with Gasteiger partial charge in [-0.25, -0.2) is 8.42 Å². The molecule has 2 rings (SSSR count). The van der Waals surface area contributed by atoms with Crippen molar-refractivity contribution in [1.82, 2.24) is 0 Å². The summed E-state index contributed by atoms with van der Waals surface area (Å²) in [5.41, 5.74) is 1.78. The van der Waals surface area contributed by atoms with Crippen LogP contribution in [0.5, 0.6) is 5.75 Å². The molecule has 2 aromatic carbocycles. The molecule has 2 aromatic rings. The maximum absolute atomic E-state index is 12.4. The number of carbonyl (C=O) groups is 1. The van der Waals surface area contributed by atoms with E-state index in [2.05, 4.69) is 10.0 Å². The van der Waals surface area contributed by atoms with Gasteiger partial charge in [0.15, 0.2) is 0 Å². The van der Waals surface area contributed by atoms with Crippen LogP contribution in [-0.4, -0.2) is 27.7 Å². The number of ether oxygens (including phenoxy) is 1. The lowest BCUT2D eigenvalue weighted by molar-refractivity contribution is 0.102. The van der Waals surface area contributed by atoms with E-state index in [1.54, 1.807) is 37.3 Å². The van der Waals surface area contributed by atoms with Crippen molar-refractivity contribution in [1.29, 1.82) is 0 Å². The number of anilines is 2. The van der Waals surface area contributed by atoms with Gasteiger partial charge < -0.3 is 10.1 Å². The molecule has 24 heavy (non-hydrogen) atoms. The zero-order valence-electron chi connectivity index (χ0n) is 13.4. The number of benzene rings is 2. The van der Waals surface area contributed by atoms with E-state index in [9.17, 15) is 13.2 Å². The Hall–Kier alpha value is -2.25. The molecule has 0 aliphatic rings. The lowest BCUT2D eigenvalue weighted by Crippen LogP contribution is -2.15. The standard InChI is InChI=1S/C16H17ClN2O4S/c1-10-4-5-11(8-13(10)19-24(3,21)22)16(20)18-14-9-12(17)6-7-15(14)23-2/h4-9,19H,1-3H3,(H,18,20). The van der Waals surface area contributed by atoms with Crippen LogP contribution in [0, 0.1) is 6.92 Å². The average molecular weight is 369 g/mol. The number of sulfonamides is 1. The van der Waals surface area contributed by atoms with Gasteiger partial charge >= 0.3 is 0 Å². The Morgan fingerprint density at radius 2 is 1.83 bits per heavy atom. The third kappa shape index (κ3) is 4.62. The largest absolute Gasteiger partial charge is 0.495 e. The van der Waals surface area contributed by atoms with Crippen LogP contribution < -0.4 is 14.8 Å². The molecule has 0 aromatic heterocycles. The molecule has 0 aliphatic carbocycles. The smallest absolute Gasteiger partial charge is 0.255 e. The van der Waals surface area contributed by atoms with E-state index in [1.807, 2.05) is 0 Å². The van der Waals surface area contributed by atoms with Crippen LogP contribution in [0.4, 0.5) is 11.4 Å². The van der Waals surface area contributed by atoms with E-state index in [0.29, 0.717) is 33.3 Å². The van der Waals surface area contributed by atoms with Crippen molar-refractivity contribution in [2.24, 2.45) is 0 Å². The monoisotopic (exact) mass is 368 g/mol. The Labute approximate surface area is 145 Å². The normalized spacial score (nSPS) is 11.0. The molecule has 0 atom stereocenters. The van der Waals surface area contributed by atoms with Crippen molar-refractivity contribution in [3.05, 3.63) is 52.5 Å². The van der Waals surface area contributed by atoms with Gasteiger partial charge in [0, 0.05) is 10.6 Å². The minimum Gasteiger partial charge on any atom is -0.495 e. The molecule has 0 fully saturated rings. The van der Waals surface area contributed by atoms with Crippen molar-refractivity contribution < 1.29 is 17.9 Å². The molecule has 0 spiro atoms. The number of hydrogen-bond acceptors (Lipinski definition) is 4. The SMILES string of the molecule is COc1ccc(Cl)cc1NC(=O)c1ccc(C)c(NS(C)(=O)=O)c1. The second-order valence-corrected chi connectivity index (χ2v) is 7.39. The summed E-state index contributed by atoms with van der Waals surface area (Å²) in [4.78, 5) is 12.4. The van der Waals surface area contributed by atoms with E-state index in [1.165, 1.54) is 13.2 Å². The summed E-state index contributed by atoms with van der Waals surface area (Å²) in [6.07, 6.45) is 1.05. The van der Waals surface area contributed by atoms with Gasteiger partial charge in [0.05, 0.1) is 24.7 Å². The highest BCUT2D eigenvalue weighted by Gasteiger charge is 2.13. The van der Waals surface area contributed by atoms with Crippen molar-refractivity contribution >= 4 is 38.9 Å². The van der Waals surface area contributed by atoms with Gasteiger partial charge in [-0.1, -0.05) is 17.7 Å². The number of hydrogen-bond donors (Lipinski definition) is 2. The summed E-state index contributed by atoms with van der Waals surface area (Å²) in [5.74, 6) is 0.0569. The summed E-state index contributed by atoms with van der Waals surface area (Å²) in [5, 5.41) is 3.16. The molecule has 0 aliphatic heterocycles. The Bertz CT molecular complexity index is 882. The molecule has 128 valence electrons. The topological polar surface area (TPSA) is 84.5 Å². The highest BCUT2D eigenvalue weighted by atomic mass is 35.5. The zero-order chi connectivity index (χ0) is 17.9. The summed E-state index contributed by atoms with van der Waals surface area (Å²) >= 11 is 5.94. The highest BCUT2D eigenvalue weighted by molar-refractivity contribution is 7.92. The zero-order valence-corrected chi connectivity index (χ0v) is 15.0. The summed E-state index contributed by atoms with van der Waals surface area (Å²) in [7, 11) is -1.95. The Morgan fingerprint density at radius 3 is 2.46 bits per heavy atom. The van der Waals surface area contributed by atoms with Gasteiger partial charge in [0.25, 0.3) is 5.91 Å². The third-order valence-corrected chi connectivity index (χ3v) is 4.03. The first-order valence-corrected chi connectivity index (χ1v) is 9.20. The van der Waals surface area contributed by atoms with Crippen LogP contribution in [0.25, 0.3) is 0 Å². The quantitative estimate of drug-likeness (QED) is 0.848. The Balaban J connectivity index is 2.31. The van der Waals surface area contributed by atoms with Gasteiger partial charge in [-0.3, -0.25) is 9.52 Å². The van der Waals surface area contributed by atoms with Crippen molar-refractivity contribution in [2.75, 3.05) is 23.4 Å². The number of aryl methyl sites for hydroxylation is 1. The molecule has 6 nitrogen and oxygen atoms in total. The fraction of sp³-hybridized carbons (Fsp3) is 0.188. The van der Waals surface area contributed by atoms with Gasteiger partial charge in [0.1, 0.15) is 5.75 Å². The highest BCUT2D eigenvalue weighted by Crippen LogP contribution is 2.28.